The molecule has 0 aliphatic heterocycles. The van der Waals surface area contributed by atoms with E-state index in [-0.39, 0.29) is 18.8 Å². The molecule has 1 aromatic rings. The van der Waals surface area contributed by atoms with Gasteiger partial charge in [-0.05, 0) is 36.5 Å². The smallest absolute Gasteiger partial charge is 0.303 e. The number of carbonyl (C=O) groups is 2. The Bertz CT molecular complexity index is 359. The van der Waals surface area contributed by atoms with Crippen LogP contribution in [0.4, 0.5) is 0 Å². The first-order chi connectivity index (χ1) is 8.09. The van der Waals surface area contributed by atoms with E-state index in [1.54, 1.807) is 24.5 Å². The number of nitrogens with zero attached hydrogens (tertiary/aromatic N) is 1. The summed E-state index contributed by atoms with van der Waals surface area (Å²) >= 11 is 0. The first kappa shape index (κ1) is 13.2. The highest BCUT2D eigenvalue weighted by Crippen LogP contribution is 2.25. The highest BCUT2D eigenvalue weighted by Gasteiger charge is 2.14. The first-order valence-corrected chi connectivity index (χ1v) is 5.43. The van der Waals surface area contributed by atoms with Gasteiger partial charge in [-0.3, -0.25) is 14.6 Å². The van der Waals surface area contributed by atoms with E-state index in [9.17, 15) is 9.59 Å². The van der Waals surface area contributed by atoms with E-state index >= 15 is 0 Å². The van der Waals surface area contributed by atoms with Crippen molar-refractivity contribution in [2.75, 3.05) is 0 Å². The van der Waals surface area contributed by atoms with Crippen molar-refractivity contribution >= 4 is 11.9 Å². The third kappa shape index (κ3) is 5.10. The quantitative estimate of drug-likeness (QED) is 0.756. The molecule has 17 heavy (non-hydrogen) atoms. The van der Waals surface area contributed by atoms with E-state index in [1.807, 2.05) is 0 Å². The predicted octanol–water partition coefficient (Wildman–Crippen LogP) is 1.89. The lowest BCUT2D eigenvalue weighted by atomic mass is 9.90. The van der Waals surface area contributed by atoms with Gasteiger partial charge in [0.05, 0.1) is 0 Å². The molecular weight excluding hydrogens is 222 g/mol. The van der Waals surface area contributed by atoms with E-state index < -0.39 is 11.9 Å². The molecule has 5 nitrogen and oxygen atoms in total. The number of pyridine rings is 1. The minimum absolute atomic E-state index is 0.0369. The first-order valence-electron chi connectivity index (χ1n) is 5.43. The normalized spacial score (nSPS) is 10.4. The molecule has 2 N–H and O–H groups in total. The molecule has 0 saturated heterocycles. The van der Waals surface area contributed by atoms with Crippen LogP contribution < -0.4 is 0 Å². The number of aliphatic carboxylic acids is 2. The number of carboxylic acid groups (broad SMARTS) is 2. The zero-order valence-corrected chi connectivity index (χ0v) is 9.37. The molecule has 1 rings (SSSR count). The average Bonchev–Trinajstić information content (AvgIpc) is 2.29. The summed E-state index contributed by atoms with van der Waals surface area (Å²) < 4.78 is 0. The molecule has 0 saturated carbocycles. The Hall–Kier alpha value is -1.91. The van der Waals surface area contributed by atoms with Crippen LogP contribution in [0.2, 0.25) is 0 Å². The second kappa shape index (κ2) is 6.62. The van der Waals surface area contributed by atoms with Crippen LogP contribution in [0.25, 0.3) is 0 Å². The standard InChI is InChI=1S/C12H15NO4/c14-11(15)3-1-9(2-4-12(16)17)10-5-7-13-8-6-10/h5-9H,1-4H2,(H,14,15)(H,16,17). The van der Waals surface area contributed by atoms with Crippen molar-refractivity contribution in [3.63, 3.8) is 0 Å². The molecule has 92 valence electrons. The van der Waals surface area contributed by atoms with Crippen molar-refractivity contribution in [2.24, 2.45) is 0 Å². The summed E-state index contributed by atoms with van der Waals surface area (Å²) in [5.41, 5.74) is 0.947. The second-order valence-electron chi connectivity index (χ2n) is 3.84. The van der Waals surface area contributed by atoms with Gasteiger partial charge >= 0.3 is 11.9 Å². The number of carboxylic acids is 2. The van der Waals surface area contributed by atoms with Crippen LogP contribution in [0, 0.1) is 0 Å². The van der Waals surface area contributed by atoms with Gasteiger partial charge in [-0.2, -0.15) is 0 Å². The van der Waals surface area contributed by atoms with E-state index in [0.717, 1.165) is 5.56 Å². The van der Waals surface area contributed by atoms with Gasteiger partial charge in [0.2, 0.25) is 0 Å². The largest absolute Gasteiger partial charge is 0.481 e. The highest BCUT2D eigenvalue weighted by molar-refractivity contribution is 5.67. The van der Waals surface area contributed by atoms with Gasteiger partial charge in [0.15, 0.2) is 0 Å². The lowest BCUT2D eigenvalue weighted by molar-refractivity contribution is -0.137. The molecule has 0 amide bonds. The zero-order chi connectivity index (χ0) is 12.7. The van der Waals surface area contributed by atoms with Crippen molar-refractivity contribution in [2.45, 2.75) is 31.6 Å². The molecule has 0 radical (unpaired) electrons. The van der Waals surface area contributed by atoms with Gasteiger partial charge in [0.25, 0.3) is 0 Å². The van der Waals surface area contributed by atoms with E-state index in [2.05, 4.69) is 4.98 Å². The van der Waals surface area contributed by atoms with Crippen LogP contribution in [-0.2, 0) is 9.59 Å². The van der Waals surface area contributed by atoms with Gasteiger partial charge in [-0.25, -0.2) is 0 Å². The Labute approximate surface area is 99.1 Å². The lowest BCUT2D eigenvalue weighted by Crippen LogP contribution is -2.06. The number of hydrogen-bond acceptors (Lipinski definition) is 3. The van der Waals surface area contributed by atoms with Crippen LogP contribution in [0.5, 0.6) is 0 Å². The Balaban J connectivity index is 2.64. The summed E-state index contributed by atoms with van der Waals surface area (Å²) in [6, 6.07) is 3.60. The number of hydrogen-bond donors (Lipinski definition) is 2. The third-order valence-corrected chi connectivity index (χ3v) is 2.59. The Morgan fingerprint density at radius 1 is 1.06 bits per heavy atom. The minimum atomic E-state index is -0.862. The van der Waals surface area contributed by atoms with Crippen molar-refractivity contribution < 1.29 is 19.8 Å². The van der Waals surface area contributed by atoms with Gasteiger partial charge < -0.3 is 10.2 Å². The van der Waals surface area contributed by atoms with Gasteiger partial charge in [-0.15, -0.1) is 0 Å². The highest BCUT2D eigenvalue weighted by atomic mass is 16.4. The average molecular weight is 237 g/mol. The summed E-state index contributed by atoms with van der Waals surface area (Å²) in [7, 11) is 0. The van der Waals surface area contributed by atoms with E-state index in [1.165, 1.54) is 0 Å². The maximum absolute atomic E-state index is 10.5. The van der Waals surface area contributed by atoms with Crippen LogP contribution in [-0.4, -0.2) is 27.1 Å². The monoisotopic (exact) mass is 237 g/mol. The fraction of sp³-hybridized carbons (Fsp3) is 0.417. The van der Waals surface area contributed by atoms with Gasteiger partial charge in [-0.1, -0.05) is 0 Å². The maximum atomic E-state index is 10.5. The van der Waals surface area contributed by atoms with Gasteiger partial charge in [0.1, 0.15) is 0 Å². The molecule has 0 spiro atoms. The van der Waals surface area contributed by atoms with Crippen molar-refractivity contribution in [3.05, 3.63) is 30.1 Å². The molecule has 0 atom stereocenters. The fourth-order valence-corrected chi connectivity index (χ4v) is 1.71. The lowest BCUT2D eigenvalue weighted by Gasteiger charge is -2.15. The van der Waals surface area contributed by atoms with Crippen molar-refractivity contribution in [3.8, 4) is 0 Å². The molecule has 0 aromatic carbocycles. The van der Waals surface area contributed by atoms with Crippen molar-refractivity contribution in [1.29, 1.82) is 0 Å². The van der Waals surface area contributed by atoms with Crippen LogP contribution in [0.3, 0.4) is 0 Å². The van der Waals surface area contributed by atoms with Gasteiger partial charge in [0, 0.05) is 25.2 Å². The van der Waals surface area contributed by atoms with Crippen molar-refractivity contribution in [1.82, 2.24) is 4.98 Å². The van der Waals surface area contributed by atoms with E-state index in [0.29, 0.717) is 12.8 Å². The van der Waals surface area contributed by atoms with Crippen LogP contribution >= 0.6 is 0 Å². The second-order valence-corrected chi connectivity index (χ2v) is 3.84. The Kier molecular flexibility index (Phi) is 5.13. The molecule has 0 aliphatic rings. The molecule has 0 unspecified atom stereocenters. The topological polar surface area (TPSA) is 87.5 Å². The molecule has 1 aromatic heterocycles. The number of aromatic nitrogens is 1. The molecule has 0 aliphatic carbocycles. The van der Waals surface area contributed by atoms with Crippen LogP contribution in [0.1, 0.15) is 37.2 Å². The SMILES string of the molecule is O=C(O)CCC(CCC(=O)O)c1ccncc1. The maximum Gasteiger partial charge on any atom is 0.303 e. The minimum Gasteiger partial charge on any atom is -0.481 e. The predicted molar refractivity (Wildman–Crippen MR) is 60.7 cm³/mol. The summed E-state index contributed by atoms with van der Waals surface area (Å²) in [6.07, 6.45) is 4.26. The van der Waals surface area contributed by atoms with E-state index in [4.69, 9.17) is 10.2 Å². The molecular formula is C12H15NO4. The summed E-state index contributed by atoms with van der Waals surface area (Å²) in [4.78, 5) is 25.0. The molecule has 0 bridgehead atoms. The Morgan fingerprint density at radius 3 is 1.94 bits per heavy atom. The fourth-order valence-electron chi connectivity index (χ4n) is 1.71. The summed E-state index contributed by atoms with van der Waals surface area (Å²) in [5, 5.41) is 17.3. The Morgan fingerprint density at radius 2 is 1.53 bits per heavy atom. The molecule has 5 heteroatoms. The summed E-state index contributed by atoms with van der Waals surface area (Å²) in [5.74, 6) is -1.76. The molecule has 1 heterocycles. The summed E-state index contributed by atoms with van der Waals surface area (Å²) in [6.45, 7) is 0. The molecule has 0 fully saturated rings. The number of rotatable bonds is 7. The third-order valence-electron chi connectivity index (χ3n) is 2.59. The zero-order valence-electron chi connectivity index (χ0n) is 9.37. The van der Waals surface area contributed by atoms with Crippen LogP contribution in [0.15, 0.2) is 24.5 Å².